The Hall–Kier alpha value is -1.74. The molecule has 0 saturated carbocycles. The third kappa shape index (κ3) is 5.88. The monoisotopic (exact) mass is 487 g/mol. The third-order valence-corrected chi connectivity index (χ3v) is 5.35. The van der Waals surface area contributed by atoms with Crippen LogP contribution in [0.2, 0.25) is 0 Å². The number of rotatable bonds is 7. The molecule has 0 aliphatic carbocycles. The number of aromatic nitrogens is 1. The number of amides is 1. The summed E-state index contributed by atoms with van der Waals surface area (Å²) in [6.07, 6.45) is 0. The highest BCUT2D eigenvalue weighted by molar-refractivity contribution is 9.10. The average Bonchev–Trinajstić information content (AvgIpc) is 3.03. The van der Waals surface area contributed by atoms with Crippen LogP contribution >= 0.6 is 39.7 Å². The number of carbonyl (C=O) groups excluding carboxylic acids is 1. The van der Waals surface area contributed by atoms with Crippen LogP contribution in [0.1, 0.15) is 0 Å². The lowest BCUT2D eigenvalue weighted by Gasteiger charge is -2.22. The van der Waals surface area contributed by atoms with Crippen LogP contribution in [-0.2, 0) is 4.79 Å². The number of fused-ring (bicyclic) bond motifs is 1. The molecule has 5 nitrogen and oxygen atoms in total. The van der Waals surface area contributed by atoms with Crippen molar-refractivity contribution in [3.63, 3.8) is 0 Å². The van der Waals surface area contributed by atoms with Crippen molar-refractivity contribution in [1.29, 1.82) is 0 Å². The molecule has 28 heavy (non-hydrogen) atoms. The van der Waals surface area contributed by atoms with Crippen LogP contribution in [0.3, 0.4) is 0 Å². The second-order valence-electron chi connectivity index (χ2n) is 6.20. The fourth-order valence-electron chi connectivity index (χ4n) is 2.38. The molecule has 0 unspecified atom stereocenters. The van der Waals surface area contributed by atoms with Gasteiger partial charge in [-0.1, -0.05) is 27.3 Å². The van der Waals surface area contributed by atoms with Crippen molar-refractivity contribution in [1.82, 2.24) is 9.88 Å². The maximum Gasteiger partial charge on any atom is 0.266 e. The highest BCUT2D eigenvalue weighted by atomic mass is 79.9. The summed E-state index contributed by atoms with van der Waals surface area (Å²) in [6, 6.07) is 11.4. The van der Waals surface area contributed by atoms with Crippen LogP contribution in [0.15, 0.2) is 46.9 Å². The maximum absolute atomic E-state index is 13.0. The van der Waals surface area contributed by atoms with Crippen LogP contribution in [-0.4, -0.2) is 49.6 Å². The fraction of sp³-hybridized carbons (Fsp3) is 0.263. The summed E-state index contributed by atoms with van der Waals surface area (Å²) in [5.41, 5.74) is 0.848. The lowest BCUT2D eigenvalue weighted by molar-refractivity contribution is -0.120. The van der Waals surface area contributed by atoms with Crippen LogP contribution < -0.4 is 9.64 Å². The summed E-state index contributed by atoms with van der Waals surface area (Å²) in [5, 5.41) is 0.637. The average molecular weight is 489 g/mol. The zero-order valence-electron chi connectivity index (χ0n) is 15.4. The van der Waals surface area contributed by atoms with E-state index in [1.54, 1.807) is 4.90 Å². The number of nitrogens with zero attached hydrogens (tertiary/aromatic N) is 3. The molecule has 1 amide bonds. The van der Waals surface area contributed by atoms with Crippen molar-refractivity contribution in [3.05, 3.63) is 52.8 Å². The van der Waals surface area contributed by atoms with Crippen molar-refractivity contribution in [2.45, 2.75) is 0 Å². The second-order valence-corrected chi connectivity index (χ2v) is 8.12. The van der Waals surface area contributed by atoms with Crippen molar-refractivity contribution in [2.75, 3.05) is 38.7 Å². The van der Waals surface area contributed by atoms with Gasteiger partial charge in [0, 0.05) is 17.6 Å². The molecule has 0 atom stereocenters. The Morgan fingerprint density at radius 2 is 1.89 bits per heavy atom. The number of benzene rings is 2. The normalized spacial score (nSPS) is 10.8. The van der Waals surface area contributed by atoms with Gasteiger partial charge in [0.05, 0.1) is 10.2 Å². The molecule has 0 bridgehead atoms. The topological polar surface area (TPSA) is 45.7 Å². The van der Waals surface area contributed by atoms with Gasteiger partial charge in [-0.05, 0) is 56.6 Å². The summed E-state index contributed by atoms with van der Waals surface area (Å²) in [6.45, 7) is 1.06. The first-order chi connectivity index (χ1) is 12.9. The summed E-state index contributed by atoms with van der Waals surface area (Å²) >= 11 is 4.92. The number of halogens is 3. The number of likely N-dealkylation sites (N-methyl/N-ethyl adjacent to an activating group) is 1. The molecule has 0 aliphatic heterocycles. The van der Waals surface area contributed by atoms with E-state index >= 15 is 0 Å². The second kappa shape index (κ2) is 10.2. The van der Waals surface area contributed by atoms with Crippen LogP contribution in [0, 0.1) is 5.82 Å². The number of carbonyl (C=O) groups is 1. The lowest BCUT2D eigenvalue weighted by atomic mass is 10.3. The number of hydrogen-bond donors (Lipinski definition) is 0. The van der Waals surface area contributed by atoms with E-state index in [-0.39, 0.29) is 30.7 Å². The molecule has 9 heteroatoms. The molecule has 0 fully saturated rings. The van der Waals surface area contributed by atoms with Gasteiger partial charge >= 0.3 is 0 Å². The molecule has 1 heterocycles. The first-order valence-electron chi connectivity index (χ1n) is 8.32. The Kier molecular flexibility index (Phi) is 8.18. The molecular weight excluding hydrogens is 469 g/mol. The minimum absolute atomic E-state index is 0. The zero-order valence-corrected chi connectivity index (χ0v) is 18.6. The van der Waals surface area contributed by atoms with Crippen molar-refractivity contribution in [2.24, 2.45) is 0 Å². The summed E-state index contributed by atoms with van der Waals surface area (Å²) < 4.78 is 20.5. The highest BCUT2D eigenvalue weighted by Gasteiger charge is 2.20. The fourth-order valence-corrected chi connectivity index (χ4v) is 3.94. The molecule has 0 spiro atoms. The summed E-state index contributed by atoms with van der Waals surface area (Å²) in [7, 11) is 3.90. The van der Waals surface area contributed by atoms with E-state index in [4.69, 9.17) is 4.74 Å². The van der Waals surface area contributed by atoms with Gasteiger partial charge in [-0.15, -0.1) is 12.4 Å². The van der Waals surface area contributed by atoms with Crippen LogP contribution in [0.5, 0.6) is 5.75 Å². The van der Waals surface area contributed by atoms with E-state index in [1.807, 2.05) is 37.2 Å². The molecular formula is C19H20BrClFN3O2S. The SMILES string of the molecule is CN(C)CCN(C(=O)COc1ccc(F)cc1)c1nc2ccc(Br)cc2s1.Cl. The standard InChI is InChI=1S/C19H19BrFN3O2S.ClH/c1-23(2)9-10-24(18(25)12-26-15-6-4-14(21)5-7-15)19-22-16-8-3-13(20)11-17(16)27-19;/h3-8,11H,9-10,12H2,1-2H3;1H. The number of hydrogen-bond acceptors (Lipinski definition) is 5. The van der Waals surface area contributed by atoms with Gasteiger partial charge in [0.25, 0.3) is 5.91 Å². The molecule has 0 saturated heterocycles. The lowest BCUT2D eigenvalue weighted by Crippen LogP contribution is -2.39. The van der Waals surface area contributed by atoms with E-state index in [1.165, 1.54) is 35.6 Å². The Labute approximate surface area is 181 Å². The Morgan fingerprint density at radius 3 is 2.57 bits per heavy atom. The van der Waals surface area contributed by atoms with E-state index in [0.717, 1.165) is 14.7 Å². The van der Waals surface area contributed by atoms with E-state index in [9.17, 15) is 9.18 Å². The number of ether oxygens (including phenoxy) is 1. The van der Waals surface area contributed by atoms with Gasteiger partial charge in [0.2, 0.25) is 0 Å². The zero-order chi connectivity index (χ0) is 19.4. The molecule has 3 rings (SSSR count). The minimum Gasteiger partial charge on any atom is -0.484 e. The van der Waals surface area contributed by atoms with Gasteiger partial charge in [-0.3, -0.25) is 9.69 Å². The molecule has 0 N–H and O–H groups in total. The van der Waals surface area contributed by atoms with Gasteiger partial charge in [-0.2, -0.15) is 0 Å². The number of anilines is 1. The summed E-state index contributed by atoms with van der Waals surface area (Å²) in [4.78, 5) is 21.1. The third-order valence-electron chi connectivity index (χ3n) is 3.82. The molecule has 150 valence electrons. The van der Waals surface area contributed by atoms with Gasteiger partial charge in [-0.25, -0.2) is 9.37 Å². The maximum atomic E-state index is 13.0. The smallest absolute Gasteiger partial charge is 0.266 e. The van der Waals surface area contributed by atoms with Gasteiger partial charge < -0.3 is 9.64 Å². The van der Waals surface area contributed by atoms with E-state index in [0.29, 0.717) is 24.0 Å². The van der Waals surface area contributed by atoms with Crippen molar-refractivity contribution in [3.8, 4) is 5.75 Å². The molecule has 0 radical (unpaired) electrons. The first kappa shape index (κ1) is 22.5. The summed E-state index contributed by atoms with van der Waals surface area (Å²) in [5.74, 6) is -0.0910. The predicted molar refractivity (Wildman–Crippen MR) is 117 cm³/mol. The molecule has 0 aliphatic rings. The Bertz CT molecular complexity index is 937. The first-order valence-corrected chi connectivity index (χ1v) is 9.93. The van der Waals surface area contributed by atoms with Crippen molar-refractivity contribution < 1.29 is 13.9 Å². The Morgan fingerprint density at radius 1 is 1.18 bits per heavy atom. The van der Waals surface area contributed by atoms with Crippen LogP contribution in [0.25, 0.3) is 10.2 Å². The van der Waals surface area contributed by atoms with Gasteiger partial charge in [0.15, 0.2) is 11.7 Å². The minimum atomic E-state index is -0.345. The number of thiazole rings is 1. The van der Waals surface area contributed by atoms with Crippen LogP contribution in [0.4, 0.5) is 9.52 Å². The van der Waals surface area contributed by atoms with Crippen molar-refractivity contribution >= 4 is 60.9 Å². The molecule has 2 aromatic carbocycles. The van der Waals surface area contributed by atoms with E-state index < -0.39 is 0 Å². The molecule has 3 aromatic rings. The predicted octanol–water partition coefficient (Wildman–Crippen LogP) is 4.59. The quantitative estimate of drug-likeness (QED) is 0.488. The van der Waals surface area contributed by atoms with Gasteiger partial charge in [0.1, 0.15) is 11.6 Å². The highest BCUT2D eigenvalue weighted by Crippen LogP contribution is 2.31. The molecule has 1 aromatic heterocycles. The Balaban J connectivity index is 0.00000280. The van der Waals surface area contributed by atoms with E-state index in [2.05, 4.69) is 20.9 Å². The largest absolute Gasteiger partial charge is 0.484 e.